The Balaban J connectivity index is 1.46. The first-order chi connectivity index (χ1) is 24.2. The van der Waals surface area contributed by atoms with E-state index >= 15 is 0 Å². The molecule has 0 unspecified atom stereocenters. The molecule has 1 heterocycles. The summed E-state index contributed by atoms with van der Waals surface area (Å²) in [5, 5.41) is 0. The smallest absolute Gasteiger partial charge is 0.170 e. The third kappa shape index (κ3) is 6.41. The van der Waals surface area contributed by atoms with Gasteiger partial charge in [-0.15, -0.1) is 0 Å². The highest BCUT2D eigenvalue weighted by Crippen LogP contribution is 2.47. The molecule has 49 heavy (non-hydrogen) atoms. The minimum atomic E-state index is -0.381. The molecular weight excluding hydrogens is 599 g/mol. The molecule has 244 valence electrons. The highest BCUT2D eigenvalue weighted by atomic mass is 16.5. The van der Waals surface area contributed by atoms with E-state index in [1.807, 2.05) is 0 Å². The third-order valence-corrected chi connectivity index (χ3v) is 10.3. The summed E-state index contributed by atoms with van der Waals surface area (Å²) in [6, 6.07) is 61.9. The highest BCUT2D eigenvalue weighted by molar-refractivity contribution is 5.68. The van der Waals surface area contributed by atoms with Crippen LogP contribution in [0.2, 0.25) is 0 Å². The van der Waals surface area contributed by atoms with Crippen molar-refractivity contribution in [3.05, 3.63) is 203 Å². The van der Waals surface area contributed by atoms with E-state index in [1.54, 1.807) is 14.2 Å². The predicted octanol–water partition coefficient (Wildman–Crippen LogP) is 9.90. The zero-order chi connectivity index (χ0) is 33.5. The molecule has 6 aromatic rings. The van der Waals surface area contributed by atoms with Crippen LogP contribution in [0.1, 0.15) is 58.1 Å². The molecule has 2 atom stereocenters. The Morgan fingerprint density at radius 2 is 0.939 bits per heavy atom. The van der Waals surface area contributed by atoms with Gasteiger partial charge in [-0.2, -0.15) is 0 Å². The molecule has 0 bridgehead atoms. The van der Waals surface area contributed by atoms with E-state index in [-0.39, 0.29) is 23.3 Å². The molecule has 0 aromatic heterocycles. The molecule has 0 N–H and O–H groups in total. The van der Waals surface area contributed by atoms with Crippen LogP contribution in [0.5, 0.6) is 11.5 Å². The number of ether oxygens (including phenoxy) is 2. The fraction of sp³-hybridized carbons (Fsp3) is 0.196. The van der Waals surface area contributed by atoms with Crippen LogP contribution in [0.15, 0.2) is 170 Å². The molecule has 6 aromatic carbocycles. The molecule has 0 aliphatic carbocycles. The maximum atomic E-state index is 5.58. The number of hydrogen-bond acceptors (Lipinski definition) is 2. The van der Waals surface area contributed by atoms with Crippen LogP contribution in [-0.4, -0.2) is 37.6 Å². The quantitative estimate of drug-likeness (QED) is 0.104. The van der Waals surface area contributed by atoms with E-state index < -0.39 is 0 Å². The lowest BCUT2D eigenvalue weighted by Crippen LogP contribution is -2.46. The molecular formula is C46H44NO2+. The first-order valence-electron chi connectivity index (χ1n) is 17.3. The molecule has 0 saturated carbocycles. The van der Waals surface area contributed by atoms with Crippen LogP contribution in [-0.2, 0) is 5.41 Å². The van der Waals surface area contributed by atoms with Gasteiger partial charge in [0, 0.05) is 18.8 Å². The summed E-state index contributed by atoms with van der Waals surface area (Å²) in [6.45, 7) is 0.986. The lowest BCUT2D eigenvalue weighted by molar-refractivity contribution is -0.548. The van der Waals surface area contributed by atoms with Crippen molar-refractivity contribution in [1.82, 2.24) is 0 Å². The van der Waals surface area contributed by atoms with Crippen LogP contribution in [0.3, 0.4) is 0 Å². The normalized spacial score (nSPS) is 16.1. The Morgan fingerprint density at radius 3 is 1.35 bits per heavy atom. The Morgan fingerprint density at radius 1 is 0.531 bits per heavy atom. The second-order valence-electron chi connectivity index (χ2n) is 12.9. The number of nitrogens with zero attached hydrogens (tertiary/aromatic N) is 1. The van der Waals surface area contributed by atoms with Gasteiger partial charge < -0.3 is 9.47 Å². The van der Waals surface area contributed by atoms with Gasteiger partial charge in [-0.25, -0.2) is 4.58 Å². The van der Waals surface area contributed by atoms with Gasteiger partial charge in [-0.05, 0) is 57.6 Å². The number of hydrogen-bond donors (Lipinski definition) is 0. The van der Waals surface area contributed by atoms with E-state index in [9.17, 15) is 0 Å². The number of rotatable bonds is 11. The molecule has 0 amide bonds. The van der Waals surface area contributed by atoms with Gasteiger partial charge >= 0.3 is 0 Å². The summed E-state index contributed by atoms with van der Waals surface area (Å²) in [6.07, 6.45) is 4.76. The Hall–Kier alpha value is -5.41. The fourth-order valence-electron chi connectivity index (χ4n) is 8.09. The zero-order valence-electron chi connectivity index (χ0n) is 28.4. The van der Waals surface area contributed by atoms with E-state index in [1.165, 1.54) is 33.4 Å². The number of benzene rings is 6. The van der Waals surface area contributed by atoms with Gasteiger partial charge in [-0.3, -0.25) is 0 Å². The number of methoxy groups -OCH3 is 2. The topological polar surface area (TPSA) is 21.5 Å². The largest absolute Gasteiger partial charge is 0.497 e. The summed E-state index contributed by atoms with van der Waals surface area (Å²) in [5.41, 5.74) is 7.34. The molecule has 3 nitrogen and oxygen atoms in total. The van der Waals surface area contributed by atoms with Gasteiger partial charge in [0.25, 0.3) is 0 Å². The van der Waals surface area contributed by atoms with Gasteiger partial charge in [0.15, 0.2) is 6.04 Å². The van der Waals surface area contributed by atoms with Crippen molar-refractivity contribution in [2.75, 3.05) is 20.8 Å². The maximum Gasteiger partial charge on any atom is 0.170 e. The summed E-state index contributed by atoms with van der Waals surface area (Å²) in [5.74, 6) is 1.83. The van der Waals surface area contributed by atoms with Gasteiger partial charge in [0.2, 0.25) is 0 Å². The lowest BCUT2D eigenvalue weighted by atomic mass is 9.64. The Kier molecular flexibility index (Phi) is 9.70. The molecule has 1 fully saturated rings. The van der Waals surface area contributed by atoms with E-state index in [0.29, 0.717) is 0 Å². The molecule has 0 radical (unpaired) electrons. The molecule has 1 aliphatic heterocycles. The zero-order valence-corrected chi connectivity index (χ0v) is 28.4. The van der Waals surface area contributed by atoms with Crippen LogP contribution in [0.25, 0.3) is 0 Å². The highest BCUT2D eigenvalue weighted by Gasteiger charge is 2.52. The summed E-state index contributed by atoms with van der Waals surface area (Å²) < 4.78 is 13.9. The van der Waals surface area contributed by atoms with Crippen molar-refractivity contribution in [3.8, 4) is 11.5 Å². The van der Waals surface area contributed by atoms with Crippen LogP contribution >= 0.6 is 0 Å². The summed E-state index contributed by atoms with van der Waals surface area (Å²) in [7, 11) is 3.45. The molecule has 3 heteroatoms. The third-order valence-electron chi connectivity index (χ3n) is 10.3. The predicted molar refractivity (Wildman–Crippen MR) is 200 cm³/mol. The molecule has 0 spiro atoms. The van der Waals surface area contributed by atoms with Gasteiger partial charge in [-0.1, -0.05) is 146 Å². The van der Waals surface area contributed by atoms with Crippen molar-refractivity contribution in [2.24, 2.45) is 0 Å². The Bertz CT molecular complexity index is 1790. The second kappa shape index (κ2) is 14.8. The molecule has 1 aliphatic rings. The monoisotopic (exact) mass is 642 g/mol. The first kappa shape index (κ1) is 32.2. The van der Waals surface area contributed by atoms with Crippen LogP contribution in [0.4, 0.5) is 0 Å². The summed E-state index contributed by atoms with van der Waals surface area (Å²) in [4.78, 5) is 0. The average molecular weight is 643 g/mol. The van der Waals surface area contributed by atoms with Crippen molar-refractivity contribution in [2.45, 2.75) is 36.1 Å². The SMILES string of the molecule is COc1ccc(C(c2ccc(OC)cc2)[C@@H](C=[N+]2CCC[C@@H]2C(c2ccccc2)(c2ccccc2)c2ccccc2)c2ccccc2)cc1. The van der Waals surface area contributed by atoms with Crippen LogP contribution < -0.4 is 9.47 Å². The van der Waals surface area contributed by atoms with E-state index in [4.69, 9.17) is 9.47 Å². The van der Waals surface area contributed by atoms with Crippen molar-refractivity contribution >= 4 is 6.21 Å². The average Bonchev–Trinajstić information content (AvgIpc) is 3.65. The van der Waals surface area contributed by atoms with Gasteiger partial charge in [0.1, 0.15) is 29.7 Å². The maximum absolute atomic E-state index is 5.58. The summed E-state index contributed by atoms with van der Waals surface area (Å²) >= 11 is 0. The Labute approximate surface area is 291 Å². The fourth-order valence-corrected chi connectivity index (χ4v) is 8.09. The van der Waals surface area contributed by atoms with Gasteiger partial charge in [0.05, 0.1) is 20.1 Å². The molecule has 1 saturated heterocycles. The standard InChI is InChI=1S/C46H44NO2/c1-48-41-29-25-36(26-30-41)45(37-27-31-42(49-2)32-28-37)43(35-16-7-3-8-17-35)34-47-33-15-24-44(47)46(38-18-9-4-10-19-38,39-20-11-5-12-21-39)40-22-13-6-14-23-40/h3-14,16-23,25-32,34,43-45H,15,24,33H2,1-2H3/q+1/t43-,44+/m0/s1. The van der Waals surface area contributed by atoms with Crippen molar-refractivity contribution in [3.63, 3.8) is 0 Å². The first-order valence-corrected chi connectivity index (χ1v) is 17.3. The van der Waals surface area contributed by atoms with Crippen molar-refractivity contribution in [1.29, 1.82) is 0 Å². The van der Waals surface area contributed by atoms with E-state index in [2.05, 4.69) is 181 Å². The molecule has 7 rings (SSSR count). The minimum Gasteiger partial charge on any atom is -0.497 e. The van der Waals surface area contributed by atoms with Crippen molar-refractivity contribution < 1.29 is 14.0 Å². The lowest BCUT2D eigenvalue weighted by Gasteiger charge is -2.38. The second-order valence-corrected chi connectivity index (χ2v) is 12.9. The van der Waals surface area contributed by atoms with E-state index in [0.717, 1.165) is 30.9 Å². The minimum absolute atomic E-state index is 0.0556. The van der Waals surface area contributed by atoms with Crippen LogP contribution in [0, 0.1) is 0 Å².